The minimum absolute atomic E-state index is 0.0199. The maximum absolute atomic E-state index is 14.0. The number of methoxy groups -OCH3 is 1. The molecule has 2 amide bonds. The number of rotatable bonds is 18. The molecule has 0 aliphatic heterocycles. The second kappa shape index (κ2) is 16.0. The molecule has 250 valence electrons. The first kappa shape index (κ1) is 34.1. The van der Waals surface area contributed by atoms with Gasteiger partial charge in [0.25, 0.3) is 5.91 Å². The molecule has 5 rings (SSSR count). The molecule has 0 saturated heterocycles. The van der Waals surface area contributed by atoms with Gasteiger partial charge >= 0.3 is 0 Å². The minimum atomic E-state index is -0.737. The molecule has 13 heteroatoms. The van der Waals surface area contributed by atoms with Crippen molar-refractivity contribution < 1.29 is 19.1 Å². The fourth-order valence-corrected chi connectivity index (χ4v) is 6.14. The highest BCUT2D eigenvalue weighted by molar-refractivity contribution is 6.29. The Morgan fingerprint density at radius 1 is 1.11 bits per heavy atom. The van der Waals surface area contributed by atoms with Crippen LogP contribution < -0.4 is 20.7 Å². The molecule has 2 heterocycles. The maximum Gasteiger partial charge on any atom is 0.268 e. The molecule has 0 bridgehead atoms. The van der Waals surface area contributed by atoms with Crippen molar-refractivity contribution in [1.29, 1.82) is 5.41 Å². The number of allylic oxidation sites excluding steroid dienone is 1. The van der Waals surface area contributed by atoms with Crippen molar-refractivity contribution in [3.05, 3.63) is 76.8 Å². The number of anilines is 1. The van der Waals surface area contributed by atoms with Gasteiger partial charge < -0.3 is 30.8 Å². The SMILES string of the molecule is COc1nnc(Cl)cc1C(CCOCc1ccccc1)n1cc(NC(=O)C(NC(=O)/C(=C/C=N)NC(C)C)C(C2CC2)C2CC2)cn1. The molecule has 2 aliphatic carbocycles. The van der Waals surface area contributed by atoms with Gasteiger partial charge in [0.05, 0.1) is 31.6 Å². The lowest BCUT2D eigenvalue weighted by Crippen LogP contribution is -2.51. The van der Waals surface area contributed by atoms with Crippen molar-refractivity contribution in [2.24, 2.45) is 17.8 Å². The zero-order valence-electron chi connectivity index (χ0n) is 27.0. The van der Waals surface area contributed by atoms with Gasteiger partial charge in [0, 0.05) is 30.6 Å². The van der Waals surface area contributed by atoms with E-state index in [2.05, 4.69) is 31.2 Å². The summed E-state index contributed by atoms with van der Waals surface area (Å²) in [5.74, 6) is 0.436. The Hall–Kier alpha value is -4.29. The lowest BCUT2D eigenvalue weighted by atomic mass is 9.88. The smallest absolute Gasteiger partial charge is 0.268 e. The zero-order chi connectivity index (χ0) is 33.3. The molecule has 0 spiro atoms. The van der Waals surface area contributed by atoms with Crippen LogP contribution in [0.25, 0.3) is 0 Å². The number of nitrogens with zero attached hydrogens (tertiary/aromatic N) is 4. The number of hydrogen-bond donors (Lipinski definition) is 4. The summed E-state index contributed by atoms with van der Waals surface area (Å²) >= 11 is 6.26. The average molecular weight is 663 g/mol. The number of carbonyl (C=O) groups is 2. The van der Waals surface area contributed by atoms with Crippen LogP contribution in [0.2, 0.25) is 5.15 Å². The van der Waals surface area contributed by atoms with E-state index in [9.17, 15) is 9.59 Å². The Labute approximate surface area is 280 Å². The third kappa shape index (κ3) is 9.39. The van der Waals surface area contributed by atoms with Gasteiger partial charge in [-0.3, -0.25) is 14.3 Å². The molecule has 2 unspecified atom stereocenters. The minimum Gasteiger partial charge on any atom is -0.480 e. The molecule has 2 aromatic heterocycles. The van der Waals surface area contributed by atoms with Crippen molar-refractivity contribution in [2.75, 3.05) is 19.0 Å². The molecule has 1 aromatic carbocycles. The number of ether oxygens (including phenoxy) is 2. The van der Waals surface area contributed by atoms with Gasteiger partial charge in [0.2, 0.25) is 11.8 Å². The number of carbonyl (C=O) groups excluding carboxylic acids is 2. The van der Waals surface area contributed by atoms with Gasteiger partial charge in [-0.05, 0) is 81.4 Å². The fraction of sp³-hybridized carbons (Fsp3) is 0.471. The Kier molecular flexibility index (Phi) is 11.6. The highest BCUT2D eigenvalue weighted by atomic mass is 35.5. The first-order valence-electron chi connectivity index (χ1n) is 16.1. The van der Waals surface area contributed by atoms with Crippen LogP contribution >= 0.6 is 11.6 Å². The molecule has 2 saturated carbocycles. The summed E-state index contributed by atoms with van der Waals surface area (Å²) in [6, 6.07) is 10.5. The predicted molar refractivity (Wildman–Crippen MR) is 179 cm³/mol. The molecule has 2 aliphatic rings. The van der Waals surface area contributed by atoms with Gasteiger partial charge in [0.15, 0.2) is 5.15 Å². The first-order chi connectivity index (χ1) is 22.8. The van der Waals surface area contributed by atoms with Crippen molar-refractivity contribution >= 4 is 35.3 Å². The number of aromatic nitrogens is 4. The molecule has 47 heavy (non-hydrogen) atoms. The van der Waals surface area contributed by atoms with Crippen molar-refractivity contribution in [3.63, 3.8) is 0 Å². The van der Waals surface area contributed by atoms with Crippen LogP contribution in [0.3, 0.4) is 0 Å². The van der Waals surface area contributed by atoms with E-state index >= 15 is 0 Å². The number of hydrogen-bond acceptors (Lipinski definition) is 9. The lowest BCUT2D eigenvalue weighted by Gasteiger charge is -2.28. The number of nitrogens with one attached hydrogen (secondary N) is 4. The highest BCUT2D eigenvalue weighted by Crippen LogP contribution is 2.51. The van der Waals surface area contributed by atoms with E-state index in [-0.39, 0.29) is 28.7 Å². The second-order valence-electron chi connectivity index (χ2n) is 12.4. The summed E-state index contributed by atoms with van der Waals surface area (Å²) in [6.45, 7) is 4.69. The van der Waals surface area contributed by atoms with E-state index in [1.165, 1.54) is 13.2 Å². The quantitative estimate of drug-likeness (QED) is 0.0850. The van der Waals surface area contributed by atoms with Crippen LogP contribution in [-0.2, 0) is 20.9 Å². The molecule has 0 radical (unpaired) electrons. The average Bonchev–Trinajstić information content (AvgIpc) is 4.00. The Morgan fingerprint density at radius 3 is 2.47 bits per heavy atom. The Morgan fingerprint density at radius 2 is 1.83 bits per heavy atom. The summed E-state index contributed by atoms with van der Waals surface area (Å²) in [6.07, 6.45) is 10.5. The highest BCUT2D eigenvalue weighted by Gasteiger charge is 2.48. The van der Waals surface area contributed by atoms with Crippen LogP contribution in [0, 0.1) is 23.2 Å². The van der Waals surface area contributed by atoms with E-state index in [0.717, 1.165) is 37.5 Å². The monoisotopic (exact) mass is 662 g/mol. The van der Waals surface area contributed by atoms with Gasteiger partial charge in [-0.1, -0.05) is 41.9 Å². The normalized spacial score (nSPS) is 16.1. The van der Waals surface area contributed by atoms with E-state index in [4.69, 9.17) is 26.5 Å². The van der Waals surface area contributed by atoms with Crippen LogP contribution in [0.1, 0.15) is 63.1 Å². The van der Waals surface area contributed by atoms with Crippen molar-refractivity contribution in [1.82, 2.24) is 30.6 Å². The van der Waals surface area contributed by atoms with Crippen molar-refractivity contribution in [3.8, 4) is 5.88 Å². The fourth-order valence-electron chi connectivity index (χ4n) is 5.98. The van der Waals surface area contributed by atoms with E-state index < -0.39 is 18.0 Å². The molecular formula is C34H43ClN8O4. The molecule has 12 nitrogen and oxygen atoms in total. The van der Waals surface area contributed by atoms with E-state index in [1.807, 2.05) is 44.2 Å². The molecule has 3 aromatic rings. The number of halogens is 1. The summed E-state index contributed by atoms with van der Waals surface area (Å²) < 4.78 is 13.2. The largest absolute Gasteiger partial charge is 0.480 e. The van der Waals surface area contributed by atoms with Crippen LogP contribution in [0.15, 0.2) is 60.6 Å². The Bertz CT molecular complexity index is 1540. The van der Waals surface area contributed by atoms with Crippen LogP contribution in [0.5, 0.6) is 5.88 Å². The summed E-state index contributed by atoms with van der Waals surface area (Å²) in [7, 11) is 1.52. The maximum atomic E-state index is 14.0. The predicted octanol–water partition coefficient (Wildman–Crippen LogP) is 4.92. The van der Waals surface area contributed by atoms with Gasteiger partial charge in [-0.25, -0.2) is 0 Å². The summed E-state index contributed by atoms with van der Waals surface area (Å²) in [4.78, 5) is 27.4. The van der Waals surface area contributed by atoms with Crippen LogP contribution in [0.4, 0.5) is 5.69 Å². The Balaban J connectivity index is 1.35. The lowest BCUT2D eigenvalue weighted by molar-refractivity contribution is -0.126. The standard InChI is InChI=1S/C34H43ClN8O4/c1-21(2)38-27(13-15-36)32(44)40-31(30(23-9-10-23)24-11-12-24)33(45)39-25-18-37-43(19-25)28(26-17-29(35)41-42-34(26)46-3)14-16-47-20-22-7-5-4-6-8-22/h4-8,13,15,17-19,21,23-24,28,30-31,36,38H,9-12,14,16,20H2,1-3H3,(H,39,45)(H,40,44)/b27-13-,36-15?. The number of amides is 2. The molecule has 2 atom stereocenters. The third-order valence-corrected chi connectivity index (χ3v) is 8.56. The first-order valence-corrected chi connectivity index (χ1v) is 16.5. The second-order valence-corrected chi connectivity index (χ2v) is 12.8. The summed E-state index contributed by atoms with van der Waals surface area (Å²) in [5.41, 5.74) is 2.48. The summed E-state index contributed by atoms with van der Waals surface area (Å²) in [5, 5.41) is 29.5. The third-order valence-electron chi connectivity index (χ3n) is 8.37. The van der Waals surface area contributed by atoms with E-state index in [0.29, 0.717) is 48.6 Å². The topological polar surface area (TPSA) is 156 Å². The van der Waals surface area contributed by atoms with E-state index in [1.54, 1.807) is 23.1 Å². The van der Waals surface area contributed by atoms with Crippen molar-refractivity contribution in [2.45, 2.75) is 70.7 Å². The molecule has 2 fully saturated rings. The van der Waals surface area contributed by atoms with Crippen LogP contribution in [-0.4, -0.2) is 63.8 Å². The van der Waals surface area contributed by atoms with Gasteiger partial charge in [-0.15, -0.1) is 10.2 Å². The number of benzene rings is 1. The van der Waals surface area contributed by atoms with Gasteiger partial charge in [0.1, 0.15) is 11.7 Å². The zero-order valence-corrected chi connectivity index (χ0v) is 27.7. The molecule has 4 N–H and O–H groups in total. The van der Waals surface area contributed by atoms with Gasteiger partial charge in [-0.2, -0.15) is 5.10 Å². The molecular weight excluding hydrogens is 620 g/mol.